The number of aryl methyl sites for hydroxylation is 1. The fraction of sp³-hybridized carbons (Fsp3) is 0.100. The number of para-hydroxylation sites is 1. The van der Waals surface area contributed by atoms with Crippen LogP contribution in [0.4, 0.5) is 5.69 Å². The molecule has 0 saturated heterocycles. The van der Waals surface area contributed by atoms with Gasteiger partial charge < -0.3 is 10.1 Å². The van der Waals surface area contributed by atoms with Gasteiger partial charge in [0.1, 0.15) is 24.0 Å². The Morgan fingerprint density at radius 3 is 2.71 bits per heavy atom. The molecule has 1 heterocycles. The van der Waals surface area contributed by atoms with Crippen LogP contribution in [0.15, 0.2) is 65.8 Å². The molecule has 1 amide bonds. The van der Waals surface area contributed by atoms with Gasteiger partial charge in [0.25, 0.3) is 5.91 Å². The fourth-order valence-electron chi connectivity index (χ4n) is 2.39. The van der Waals surface area contributed by atoms with E-state index in [0.717, 1.165) is 22.4 Å². The third kappa shape index (κ3) is 3.53. The lowest BCUT2D eigenvalue weighted by molar-refractivity contribution is -0.112. The molecule has 0 radical (unpaired) electrons. The fourth-order valence-corrected chi connectivity index (χ4v) is 2.39. The molecule has 24 heavy (non-hydrogen) atoms. The van der Waals surface area contributed by atoms with Gasteiger partial charge in [-0.2, -0.15) is 5.26 Å². The van der Waals surface area contributed by atoms with Crippen molar-refractivity contribution in [2.45, 2.75) is 6.92 Å². The SMILES string of the molecule is Cc1ccc(NC(=O)/C(C#N)=C/C2=Cc3ccccc3OC2)cc1. The Balaban J connectivity index is 1.80. The molecule has 118 valence electrons. The summed E-state index contributed by atoms with van der Waals surface area (Å²) in [6.45, 7) is 2.31. The molecule has 0 atom stereocenters. The standard InChI is InChI=1S/C20H16N2O2/c1-14-6-8-18(9-7-14)22-20(23)17(12-21)11-15-10-16-4-2-3-5-19(16)24-13-15/h2-11H,13H2,1H3,(H,22,23)/b17-11+. The van der Waals surface area contributed by atoms with E-state index < -0.39 is 5.91 Å². The van der Waals surface area contributed by atoms with Crippen molar-refractivity contribution in [2.24, 2.45) is 0 Å². The Hall–Kier alpha value is -3.32. The first-order valence-corrected chi connectivity index (χ1v) is 7.58. The predicted molar refractivity (Wildman–Crippen MR) is 93.4 cm³/mol. The smallest absolute Gasteiger partial charge is 0.266 e. The number of carbonyl (C=O) groups excluding carboxylic acids is 1. The summed E-state index contributed by atoms with van der Waals surface area (Å²) in [5.74, 6) is 0.373. The molecule has 4 nitrogen and oxygen atoms in total. The predicted octanol–water partition coefficient (Wildman–Crippen LogP) is 3.86. The number of nitrogens with one attached hydrogen (secondary N) is 1. The number of rotatable bonds is 3. The normalized spacial score (nSPS) is 13.2. The zero-order valence-electron chi connectivity index (χ0n) is 13.2. The van der Waals surface area contributed by atoms with Crippen molar-refractivity contribution in [2.75, 3.05) is 11.9 Å². The number of ether oxygens (including phenoxy) is 1. The summed E-state index contributed by atoms with van der Waals surface area (Å²) in [5, 5.41) is 12.0. The minimum absolute atomic E-state index is 0.0461. The van der Waals surface area contributed by atoms with E-state index in [0.29, 0.717) is 12.3 Å². The van der Waals surface area contributed by atoms with Crippen LogP contribution in [-0.4, -0.2) is 12.5 Å². The van der Waals surface area contributed by atoms with E-state index in [1.165, 1.54) is 0 Å². The Kier molecular flexibility index (Phi) is 4.44. The number of nitrogens with zero attached hydrogens (tertiary/aromatic N) is 1. The lowest BCUT2D eigenvalue weighted by atomic mass is 10.1. The van der Waals surface area contributed by atoms with Gasteiger partial charge in [-0.15, -0.1) is 0 Å². The first-order valence-electron chi connectivity index (χ1n) is 7.58. The maximum Gasteiger partial charge on any atom is 0.266 e. The quantitative estimate of drug-likeness (QED) is 0.691. The zero-order valence-corrected chi connectivity index (χ0v) is 13.2. The van der Waals surface area contributed by atoms with Crippen LogP contribution in [0.5, 0.6) is 5.75 Å². The lowest BCUT2D eigenvalue weighted by Gasteiger charge is -2.16. The van der Waals surface area contributed by atoms with Crippen molar-refractivity contribution in [1.82, 2.24) is 0 Å². The van der Waals surface area contributed by atoms with Crippen molar-refractivity contribution in [3.05, 3.63) is 76.9 Å². The number of carbonyl (C=O) groups is 1. The molecule has 2 aromatic carbocycles. The number of benzene rings is 2. The van der Waals surface area contributed by atoms with Gasteiger partial charge in [0.15, 0.2) is 0 Å². The number of fused-ring (bicyclic) bond motifs is 1. The Labute approximate surface area is 140 Å². The molecule has 0 spiro atoms. The Bertz CT molecular complexity index is 871. The largest absolute Gasteiger partial charge is 0.488 e. The second-order valence-electron chi connectivity index (χ2n) is 5.54. The van der Waals surface area contributed by atoms with Crippen LogP contribution in [0, 0.1) is 18.3 Å². The maximum atomic E-state index is 12.3. The minimum atomic E-state index is -0.430. The molecule has 0 bridgehead atoms. The van der Waals surface area contributed by atoms with Gasteiger partial charge >= 0.3 is 0 Å². The van der Waals surface area contributed by atoms with Crippen LogP contribution < -0.4 is 10.1 Å². The molecule has 0 saturated carbocycles. The second kappa shape index (κ2) is 6.84. The monoisotopic (exact) mass is 316 g/mol. The van der Waals surface area contributed by atoms with E-state index in [1.54, 1.807) is 6.08 Å². The topological polar surface area (TPSA) is 62.1 Å². The summed E-state index contributed by atoms with van der Waals surface area (Å²) in [6, 6.07) is 17.0. The van der Waals surface area contributed by atoms with E-state index in [4.69, 9.17) is 4.74 Å². The summed E-state index contributed by atoms with van der Waals surface area (Å²) in [4.78, 5) is 12.3. The number of nitriles is 1. The van der Waals surface area contributed by atoms with Crippen LogP contribution >= 0.6 is 0 Å². The highest BCUT2D eigenvalue weighted by Gasteiger charge is 2.13. The molecular weight excluding hydrogens is 300 g/mol. The first-order chi connectivity index (χ1) is 11.7. The van der Waals surface area contributed by atoms with Gasteiger partial charge in [0, 0.05) is 11.3 Å². The van der Waals surface area contributed by atoms with E-state index >= 15 is 0 Å². The zero-order chi connectivity index (χ0) is 16.9. The number of amides is 1. The van der Waals surface area contributed by atoms with Crippen molar-refractivity contribution in [1.29, 1.82) is 5.26 Å². The van der Waals surface area contributed by atoms with Gasteiger partial charge in [-0.25, -0.2) is 0 Å². The van der Waals surface area contributed by atoms with Crippen molar-refractivity contribution >= 4 is 17.7 Å². The molecule has 1 aliphatic heterocycles. The van der Waals surface area contributed by atoms with E-state index in [2.05, 4.69) is 5.32 Å². The van der Waals surface area contributed by atoms with Crippen molar-refractivity contribution in [3.8, 4) is 11.8 Å². The van der Waals surface area contributed by atoms with E-state index in [9.17, 15) is 10.1 Å². The van der Waals surface area contributed by atoms with Crippen LogP contribution in [-0.2, 0) is 4.79 Å². The molecule has 0 unspecified atom stereocenters. The van der Waals surface area contributed by atoms with Gasteiger partial charge in [0.05, 0.1) is 0 Å². The summed E-state index contributed by atoms with van der Waals surface area (Å²) in [6.07, 6.45) is 3.49. The molecule has 2 aromatic rings. The number of hydrogen-bond donors (Lipinski definition) is 1. The van der Waals surface area contributed by atoms with Crippen LogP contribution in [0.2, 0.25) is 0 Å². The lowest BCUT2D eigenvalue weighted by Crippen LogP contribution is -2.15. The third-order valence-corrected chi connectivity index (χ3v) is 3.66. The van der Waals surface area contributed by atoms with Crippen molar-refractivity contribution in [3.63, 3.8) is 0 Å². The maximum absolute atomic E-state index is 12.3. The highest BCUT2D eigenvalue weighted by Crippen LogP contribution is 2.26. The van der Waals surface area contributed by atoms with Gasteiger partial charge in [-0.1, -0.05) is 35.9 Å². The highest BCUT2D eigenvalue weighted by molar-refractivity contribution is 6.07. The summed E-state index contributed by atoms with van der Waals surface area (Å²) in [7, 11) is 0. The summed E-state index contributed by atoms with van der Waals surface area (Å²) in [5.41, 5.74) is 3.53. The molecular formula is C20H16N2O2. The average molecular weight is 316 g/mol. The second-order valence-corrected chi connectivity index (χ2v) is 5.54. The highest BCUT2D eigenvalue weighted by atomic mass is 16.5. The van der Waals surface area contributed by atoms with Crippen molar-refractivity contribution < 1.29 is 9.53 Å². The van der Waals surface area contributed by atoms with Crippen LogP contribution in [0.1, 0.15) is 11.1 Å². The Morgan fingerprint density at radius 1 is 1.21 bits per heavy atom. The summed E-state index contributed by atoms with van der Waals surface area (Å²) >= 11 is 0. The molecule has 0 fully saturated rings. The molecule has 3 rings (SSSR count). The van der Waals surface area contributed by atoms with Gasteiger partial charge in [0.2, 0.25) is 0 Å². The van der Waals surface area contributed by atoms with Gasteiger partial charge in [-0.05, 0) is 42.8 Å². The van der Waals surface area contributed by atoms with Crippen LogP contribution in [0.3, 0.4) is 0 Å². The first kappa shape index (κ1) is 15.6. The number of hydrogen-bond acceptors (Lipinski definition) is 3. The summed E-state index contributed by atoms with van der Waals surface area (Å²) < 4.78 is 5.64. The third-order valence-electron chi connectivity index (χ3n) is 3.66. The molecule has 0 aromatic heterocycles. The molecule has 1 aliphatic rings. The van der Waals surface area contributed by atoms with Gasteiger partial charge in [-0.3, -0.25) is 4.79 Å². The molecule has 4 heteroatoms. The molecule has 1 N–H and O–H groups in total. The number of anilines is 1. The van der Waals surface area contributed by atoms with E-state index in [-0.39, 0.29) is 5.57 Å². The Morgan fingerprint density at radius 2 is 1.96 bits per heavy atom. The van der Waals surface area contributed by atoms with Crippen LogP contribution in [0.25, 0.3) is 6.08 Å². The van der Waals surface area contributed by atoms with E-state index in [1.807, 2.05) is 67.6 Å². The average Bonchev–Trinajstić information content (AvgIpc) is 2.61. The minimum Gasteiger partial charge on any atom is -0.488 e. The molecule has 0 aliphatic carbocycles.